The lowest BCUT2D eigenvalue weighted by Gasteiger charge is -1.93. The summed E-state index contributed by atoms with van der Waals surface area (Å²) < 4.78 is 19.7. The Morgan fingerprint density at radius 1 is 0.202 bits per heavy atom. The average Bonchev–Trinajstić information content (AvgIpc) is 0.876. The first-order chi connectivity index (χ1) is 54.5. The molecule has 6 heteroatoms. The molecule has 6 nitrogen and oxygen atoms in total. The molecule has 0 saturated carbocycles. The molecule has 0 saturated heterocycles. The van der Waals surface area contributed by atoms with Gasteiger partial charge in [0.15, 0.2) is 11.6 Å². The topological polar surface area (TPSA) is 71.1 Å². The molecular formula is C108H172O6. The van der Waals surface area contributed by atoms with Gasteiger partial charge in [-0.3, -0.25) is 9.59 Å². The van der Waals surface area contributed by atoms with Crippen LogP contribution >= 0.6 is 0 Å². The highest BCUT2D eigenvalue weighted by Crippen LogP contribution is 2.13. The smallest absolute Gasteiger partial charge is 0.159 e. The molecule has 0 heterocycles. The third-order valence-electron chi connectivity index (χ3n) is 11.5. The van der Waals surface area contributed by atoms with Gasteiger partial charge < -0.3 is 18.9 Å². The lowest BCUT2D eigenvalue weighted by Crippen LogP contribution is -1.88. The second-order valence-corrected chi connectivity index (χ2v) is 18.6. The van der Waals surface area contributed by atoms with Gasteiger partial charge in [0.05, 0.1) is 28.4 Å². The van der Waals surface area contributed by atoms with E-state index in [0.717, 1.165) is 34.1 Å². The van der Waals surface area contributed by atoms with Gasteiger partial charge in [-0.2, -0.15) is 0 Å². The number of hydrogen-bond acceptors (Lipinski definition) is 6. The maximum Gasteiger partial charge on any atom is 0.159 e. The minimum atomic E-state index is 0. The van der Waals surface area contributed by atoms with Gasteiger partial charge in [0.2, 0.25) is 0 Å². The van der Waals surface area contributed by atoms with Crippen molar-refractivity contribution >= 4 is 33.1 Å². The molecule has 0 atom stereocenters. The monoisotopic (exact) mass is 1570 g/mol. The largest absolute Gasteiger partial charge is 0.497 e. The Morgan fingerprint density at radius 2 is 0.307 bits per heavy atom. The first-order valence-corrected chi connectivity index (χ1v) is 40.9. The van der Waals surface area contributed by atoms with Crippen molar-refractivity contribution in [1.29, 1.82) is 0 Å². The molecule has 0 amide bonds. The van der Waals surface area contributed by atoms with Crippen molar-refractivity contribution < 1.29 is 28.5 Å². The Labute approximate surface area is 707 Å². The number of carbonyl (C=O) groups is 2. The van der Waals surface area contributed by atoms with Crippen LogP contribution in [-0.2, 0) is 0 Å². The van der Waals surface area contributed by atoms with Crippen LogP contribution in [0, 0.1) is 13.8 Å². The standard InChI is InChI=1S/2C10H8.2C8H8O.4C7H8O.2C7H8.C3H8.12C2H6.3CH4/c2*1-2-6-10-8-4-3-7-9(10)5-1;2*1-7(9)8-5-3-2-4-6-8;4*1-8-7-5-3-2-4-6-7;2*1-7-5-3-2-4-6-7;1-3-2;12*1-2;;;/h2*1-8H;2*2-6H,1H3;4*2-6H,1H3;2*2-6H,1H3;3H2,1-2H3;12*1-2H3;3*1H4. The van der Waals surface area contributed by atoms with E-state index in [4.69, 9.17) is 18.9 Å². The minimum Gasteiger partial charge on any atom is -0.497 e. The van der Waals surface area contributed by atoms with E-state index in [1.165, 1.54) is 39.1 Å². The zero-order chi connectivity index (χ0) is 87.2. The maximum atomic E-state index is 10.6. The molecule has 640 valence electrons. The molecule has 0 N–H and O–H groups in total. The molecule has 0 aliphatic carbocycles. The molecular weight excluding hydrogens is 1390 g/mol. The molecule has 12 aromatic carbocycles. The number of para-hydroxylation sites is 4. The maximum absolute atomic E-state index is 10.6. The van der Waals surface area contributed by atoms with Crippen LogP contribution < -0.4 is 18.9 Å². The predicted octanol–water partition coefficient (Wildman–Crippen LogP) is 35.9. The van der Waals surface area contributed by atoms with E-state index in [1.54, 1.807) is 42.3 Å². The first-order valence-electron chi connectivity index (χ1n) is 40.9. The summed E-state index contributed by atoms with van der Waals surface area (Å²) in [5, 5.41) is 5.24. The van der Waals surface area contributed by atoms with E-state index in [1.807, 2.05) is 385 Å². The van der Waals surface area contributed by atoms with Crippen molar-refractivity contribution in [2.24, 2.45) is 0 Å². The van der Waals surface area contributed by atoms with Crippen molar-refractivity contribution in [1.82, 2.24) is 0 Å². The van der Waals surface area contributed by atoms with E-state index in [-0.39, 0.29) is 33.8 Å². The Morgan fingerprint density at radius 3 is 0.386 bits per heavy atom. The quantitative estimate of drug-likeness (QED) is 0.155. The molecule has 0 unspecified atom stereocenters. The summed E-state index contributed by atoms with van der Waals surface area (Å²) in [6.45, 7) is 59.5. The molecule has 0 aliphatic rings. The molecule has 0 radical (unpaired) electrons. The number of ether oxygens (including phenoxy) is 4. The van der Waals surface area contributed by atoms with Gasteiger partial charge in [0.1, 0.15) is 23.0 Å². The number of Topliss-reactive ketones (excluding diaryl/α,β-unsaturated/α-hetero) is 2. The normalized spacial score (nSPS) is 7.46. The zero-order valence-corrected chi connectivity index (χ0v) is 76.5. The summed E-state index contributed by atoms with van der Waals surface area (Å²) in [6, 6.07) is 111. The third kappa shape index (κ3) is 92.3. The van der Waals surface area contributed by atoms with E-state index in [9.17, 15) is 9.59 Å². The summed E-state index contributed by atoms with van der Waals surface area (Å²) in [4.78, 5) is 21.3. The van der Waals surface area contributed by atoms with Gasteiger partial charge in [0.25, 0.3) is 0 Å². The van der Waals surface area contributed by atoms with E-state index >= 15 is 0 Å². The fourth-order valence-corrected chi connectivity index (χ4v) is 6.91. The van der Waals surface area contributed by atoms with E-state index in [2.05, 4.69) is 149 Å². The molecule has 0 fully saturated rings. The van der Waals surface area contributed by atoms with Crippen molar-refractivity contribution in [3.8, 4) is 23.0 Å². The second-order valence-electron chi connectivity index (χ2n) is 18.6. The highest BCUT2D eigenvalue weighted by atomic mass is 16.5. The summed E-state index contributed by atoms with van der Waals surface area (Å²) in [5.41, 5.74) is 4.19. The second kappa shape index (κ2) is 124. The number of ketones is 2. The zero-order valence-electron chi connectivity index (χ0n) is 76.5. The lowest BCUT2D eigenvalue weighted by atomic mass is 10.1. The van der Waals surface area contributed by atoms with Crippen LogP contribution in [0.5, 0.6) is 23.0 Å². The van der Waals surface area contributed by atoms with Crippen molar-refractivity contribution in [3.63, 3.8) is 0 Å². The Bertz CT molecular complexity index is 3050. The Kier molecular flexibility index (Phi) is 147. The molecule has 12 rings (SSSR count). The number of aryl methyl sites for hydroxylation is 2. The van der Waals surface area contributed by atoms with Gasteiger partial charge in [-0.15, -0.1) is 0 Å². The minimum absolute atomic E-state index is 0. The van der Waals surface area contributed by atoms with Gasteiger partial charge in [-0.1, -0.05) is 511 Å². The third-order valence-corrected chi connectivity index (χ3v) is 11.5. The van der Waals surface area contributed by atoms with Crippen LogP contribution in [0.1, 0.15) is 254 Å². The van der Waals surface area contributed by atoms with E-state index < -0.39 is 0 Å². The Balaban J connectivity index is -0.0000000784. The van der Waals surface area contributed by atoms with Crippen LogP contribution in [0.15, 0.2) is 340 Å². The molecule has 0 aliphatic heterocycles. The molecule has 114 heavy (non-hydrogen) atoms. The van der Waals surface area contributed by atoms with Crippen molar-refractivity contribution in [2.75, 3.05) is 28.4 Å². The number of rotatable bonds is 6. The van der Waals surface area contributed by atoms with E-state index in [0.29, 0.717) is 0 Å². The van der Waals surface area contributed by atoms with Gasteiger partial charge in [0, 0.05) is 11.1 Å². The van der Waals surface area contributed by atoms with Crippen LogP contribution in [0.25, 0.3) is 21.5 Å². The SMILES string of the molecule is C.C.C.CC.CC.CC.CC.CC.CC.CC.CC.CC.CC.CC.CC.CC(=O)c1ccccc1.CC(=O)c1ccccc1.CCC.COc1ccccc1.COc1ccccc1.COc1ccccc1.COc1ccccc1.Cc1ccccc1.Cc1ccccc1.c1ccc2ccccc2c1.c1ccc2ccccc2c1. The molecule has 12 aromatic rings. The summed E-state index contributed by atoms with van der Waals surface area (Å²) >= 11 is 0. The predicted molar refractivity (Wildman–Crippen MR) is 527 cm³/mol. The fraction of sp³-hybridized carbons (Fsp3) is 0.352. The fourth-order valence-electron chi connectivity index (χ4n) is 6.91. The highest BCUT2D eigenvalue weighted by Gasteiger charge is 1.94. The summed E-state index contributed by atoms with van der Waals surface area (Å²) in [5.74, 6) is 3.88. The molecule has 0 spiro atoms. The van der Waals surface area contributed by atoms with Crippen LogP contribution in [0.2, 0.25) is 0 Å². The summed E-state index contributed by atoms with van der Waals surface area (Å²) in [7, 11) is 6.65. The van der Waals surface area contributed by atoms with Gasteiger partial charge >= 0.3 is 0 Å². The van der Waals surface area contributed by atoms with Crippen LogP contribution in [-0.4, -0.2) is 40.0 Å². The lowest BCUT2D eigenvalue weighted by molar-refractivity contribution is 0.100. The Hall–Kier alpha value is -10.3. The van der Waals surface area contributed by atoms with Crippen LogP contribution in [0.3, 0.4) is 0 Å². The average molecular weight is 1570 g/mol. The molecule has 0 bridgehead atoms. The number of fused-ring (bicyclic) bond motifs is 2. The number of methoxy groups -OCH3 is 4. The van der Waals surface area contributed by atoms with Crippen LogP contribution in [0.4, 0.5) is 0 Å². The molecule has 0 aromatic heterocycles. The number of benzene rings is 12. The highest BCUT2D eigenvalue weighted by molar-refractivity contribution is 5.94. The summed E-state index contributed by atoms with van der Waals surface area (Å²) in [6.07, 6.45) is 1.25. The number of hydrogen-bond donors (Lipinski definition) is 0. The van der Waals surface area contributed by atoms with Gasteiger partial charge in [-0.25, -0.2) is 0 Å². The van der Waals surface area contributed by atoms with Gasteiger partial charge in [-0.05, 0) is 97.8 Å². The van der Waals surface area contributed by atoms with Crippen molar-refractivity contribution in [3.05, 3.63) is 362 Å². The number of carbonyl (C=O) groups excluding carboxylic acids is 2. The first kappa shape index (κ1) is 136. The van der Waals surface area contributed by atoms with Crippen molar-refractivity contribution in [2.45, 2.75) is 236 Å².